The molecule has 7 heteroatoms. The van der Waals surface area contributed by atoms with Gasteiger partial charge < -0.3 is 9.88 Å². The fourth-order valence-corrected chi connectivity index (χ4v) is 2.64. The van der Waals surface area contributed by atoms with E-state index in [2.05, 4.69) is 43.4 Å². The molecule has 0 aliphatic heterocycles. The Bertz CT molecular complexity index is 873. The summed E-state index contributed by atoms with van der Waals surface area (Å²) in [6.07, 6.45) is 2.77. The van der Waals surface area contributed by atoms with Crippen molar-refractivity contribution in [3.63, 3.8) is 0 Å². The fraction of sp³-hybridized carbons (Fsp3) is 0.267. The predicted octanol–water partition coefficient (Wildman–Crippen LogP) is 0.951. The van der Waals surface area contributed by atoms with E-state index >= 15 is 0 Å². The molecule has 114 valence electrons. The average Bonchev–Trinajstić information content (AvgIpc) is 3.04. The van der Waals surface area contributed by atoms with E-state index in [0.29, 0.717) is 6.42 Å². The number of nitrogens with one attached hydrogen (secondary N) is 3. The summed E-state index contributed by atoms with van der Waals surface area (Å²) in [6.45, 7) is 1.92. The maximum Gasteiger partial charge on any atom is 0.341 e. The Morgan fingerprint density at radius 2 is 2.18 bits per heavy atom. The number of carbonyl (C=O) groups is 1. The van der Waals surface area contributed by atoms with Crippen molar-refractivity contribution in [1.29, 1.82) is 0 Å². The number of fused-ring (bicyclic) bond motifs is 1. The number of benzene rings is 1. The van der Waals surface area contributed by atoms with E-state index in [0.717, 1.165) is 5.52 Å². The van der Waals surface area contributed by atoms with E-state index in [4.69, 9.17) is 0 Å². The second-order valence-electron chi connectivity index (χ2n) is 5.39. The monoisotopic (exact) mass is 299 g/mol. The predicted molar refractivity (Wildman–Crippen MR) is 82.8 cm³/mol. The van der Waals surface area contributed by atoms with Gasteiger partial charge in [0.2, 0.25) is 5.82 Å². The van der Waals surface area contributed by atoms with Crippen LogP contribution in [0, 0.1) is 0 Å². The summed E-state index contributed by atoms with van der Waals surface area (Å²) in [5.41, 5.74) is 1.83. The van der Waals surface area contributed by atoms with Crippen molar-refractivity contribution < 1.29 is 4.79 Å². The summed E-state index contributed by atoms with van der Waals surface area (Å²) < 4.78 is 2.07. The van der Waals surface area contributed by atoms with Crippen molar-refractivity contribution in [2.75, 3.05) is 0 Å². The van der Waals surface area contributed by atoms with Gasteiger partial charge in [-0.15, -0.1) is 5.10 Å². The first kappa shape index (κ1) is 14.1. The van der Waals surface area contributed by atoms with E-state index in [1.165, 1.54) is 10.9 Å². The number of carbonyl (C=O) groups excluding carboxylic acids is 1. The lowest BCUT2D eigenvalue weighted by Crippen LogP contribution is -2.34. The molecule has 0 aliphatic carbocycles. The third-order valence-corrected chi connectivity index (χ3v) is 3.60. The molecule has 0 aliphatic rings. The molecule has 0 radical (unpaired) electrons. The SMILES string of the molecule is CC(Cc1cn(C)c2ccccc12)NC(=O)c1n[nH]c(=O)[nH]1. The van der Waals surface area contributed by atoms with Crippen LogP contribution in [0.3, 0.4) is 0 Å². The largest absolute Gasteiger partial charge is 0.350 e. The Hall–Kier alpha value is -2.83. The maximum atomic E-state index is 12.0. The van der Waals surface area contributed by atoms with Gasteiger partial charge in [0.1, 0.15) is 0 Å². The molecule has 1 aromatic carbocycles. The lowest BCUT2D eigenvalue weighted by molar-refractivity contribution is 0.0930. The number of aryl methyl sites for hydroxylation is 1. The van der Waals surface area contributed by atoms with Crippen molar-refractivity contribution in [3.8, 4) is 0 Å². The molecular weight excluding hydrogens is 282 g/mol. The van der Waals surface area contributed by atoms with Gasteiger partial charge in [0.15, 0.2) is 0 Å². The highest BCUT2D eigenvalue weighted by Gasteiger charge is 2.15. The molecule has 7 nitrogen and oxygen atoms in total. The number of hydrogen-bond acceptors (Lipinski definition) is 3. The highest BCUT2D eigenvalue weighted by Crippen LogP contribution is 2.21. The van der Waals surface area contributed by atoms with Gasteiger partial charge in [-0.1, -0.05) is 18.2 Å². The first-order chi connectivity index (χ1) is 10.5. The van der Waals surface area contributed by atoms with Crippen molar-refractivity contribution in [2.24, 2.45) is 7.05 Å². The van der Waals surface area contributed by atoms with Crippen molar-refractivity contribution in [1.82, 2.24) is 25.1 Å². The normalized spacial score (nSPS) is 12.5. The van der Waals surface area contributed by atoms with Crippen LogP contribution in [0.4, 0.5) is 0 Å². The van der Waals surface area contributed by atoms with Gasteiger partial charge in [0.05, 0.1) is 0 Å². The minimum Gasteiger partial charge on any atom is -0.350 e. The number of para-hydroxylation sites is 1. The molecule has 0 saturated heterocycles. The summed E-state index contributed by atoms with van der Waals surface area (Å²) in [5.74, 6) is -0.402. The van der Waals surface area contributed by atoms with Gasteiger partial charge in [-0.3, -0.25) is 9.78 Å². The van der Waals surface area contributed by atoms with Crippen LogP contribution < -0.4 is 11.0 Å². The molecular formula is C15H17N5O2. The van der Waals surface area contributed by atoms with Gasteiger partial charge in [-0.25, -0.2) is 9.89 Å². The second kappa shape index (κ2) is 5.51. The Kier molecular flexibility index (Phi) is 3.54. The number of rotatable bonds is 4. The zero-order valence-corrected chi connectivity index (χ0v) is 12.4. The molecule has 3 N–H and O–H groups in total. The Morgan fingerprint density at radius 3 is 2.91 bits per heavy atom. The summed E-state index contributed by atoms with van der Waals surface area (Å²) in [7, 11) is 2.00. The number of aromatic nitrogens is 4. The molecule has 2 aromatic heterocycles. The van der Waals surface area contributed by atoms with Crippen LogP contribution in [0.2, 0.25) is 0 Å². The van der Waals surface area contributed by atoms with Gasteiger partial charge >= 0.3 is 5.69 Å². The molecule has 22 heavy (non-hydrogen) atoms. The van der Waals surface area contributed by atoms with Crippen LogP contribution in [0.5, 0.6) is 0 Å². The minimum absolute atomic E-state index is 0.00484. The zero-order chi connectivity index (χ0) is 15.7. The summed E-state index contributed by atoms with van der Waals surface area (Å²) in [6, 6.07) is 8.06. The molecule has 1 unspecified atom stereocenters. The highest BCUT2D eigenvalue weighted by molar-refractivity contribution is 5.90. The number of H-pyrrole nitrogens is 2. The summed E-state index contributed by atoms with van der Waals surface area (Å²) >= 11 is 0. The van der Waals surface area contributed by atoms with E-state index < -0.39 is 11.6 Å². The van der Waals surface area contributed by atoms with Crippen molar-refractivity contribution in [3.05, 3.63) is 52.3 Å². The lowest BCUT2D eigenvalue weighted by atomic mass is 10.1. The van der Waals surface area contributed by atoms with Crippen LogP contribution in [0.1, 0.15) is 23.1 Å². The van der Waals surface area contributed by atoms with Crippen molar-refractivity contribution in [2.45, 2.75) is 19.4 Å². The molecule has 0 fully saturated rings. The maximum absolute atomic E-state index is 12.0. The first-order valence-electron chi connectivity index (χ1n) is 7.03. The quantitative estimate of drug-likeness (QED) is 0.669. The summed E-state index contributed by atoms with van der Waals surface area (Å²) in [5, 5.41) is 9.81. The molecule has 0 saturated carbocycles. The van der Waals surface area contributed by atoms with Crippen LogP contribution in [0.25, 0.3) is 10.9 Å². The first-order valence-corrected chi connectivity index (χ1v) is 7.03. The third-order valence-electron chi connectivity index (χ3n) is 3.60. The van der Waals surface area contributed by atoms with E-state index in [-0.39, 0.29) is 11.9 Å². The van der Waals surface area contributed by atoms with E-state index in [1.807, 2.05) is 26.1 Å². The zero-order valence-electron chi connectivity index (χ0n) is 12.4. The molecule has 0 spiro atoms. The third kappa shape index (κ3) is 2.65. The van der Waals surface area contributed by atoms with Crippen LogP contribution in [0.15, 0.2) is 35.3 Å². The highest BCUT2D eigenvalue weighted by atomic mass is 16.2. The molecule has 3 aromatic rings. The number of amides is 1. The standard InChI is InChI=1S/C15H17N5O2/c1-9(16-14(21)13-17-15(22)19-18-13)7-10-8-20(2)12-6-4-3-5-11(10)12/h3-6,8-9H,7H2,1-2H3,(H,16,21)(H2,17,18,19,22). The minimum atomic E-state index is -0.494. The Labute approximate surface area is 126 Å². The molecule has 1 amide bonds. The van der Waals surface area contributed by atoms with E-state index in [1.54, 1.807) is 0 Å². The van der Waals surface area contributed by atoms with Crippen molar-refractivity contribution >= 4 is 16.8 Å². The second-order valence-corrected chi connectivity index (χ2v) is 5.39. The van der Waals surface area contributed by atoms with Crippen LogP contribution in [-0.2, 0) is 13.5 Å². The average molecular weight is 299 g/mol. The van der Waals surface area contributed by atoms with Gasteiger partial charge in [-0.05, 0) is 25.0 Å². The number of aromatic amines is 2. The Balaban J connectivity index is 1.74. The van der Waals surface area contributed by atoms with Crippen LogP contribution >= 0.6 is 0 Å². The number of hydrogen-bond donors (Lipinski definition) is 3. The van der Waals surface area contributed by atoms with Gasteiger partial charge in [-0.2, -0.15) is 0 Å². The molecule has 3 rings (SSSR count). The molecule has 0 bridgehead atoms. The fourth-order valence-electron chi connectivity index (χ4n) is 2.64. The smallest absolute Gasteiger partial charge is 0.341 e. The van der Waals surface area contributed by atoms with E-state index in [9.17, 15) is 9.59 Å². The number of nitrogens with zero attached hydrogens (tertiary/aromatic N) is 2. The van der Waals surface area contributed by atoms with Crippen LogP contribution in [-0.4, -0.2) is 31.7 Å². The van der Waals surface area contributed by atoms with Gasteiger partial charge in [0, 0.05) is 30.2 Å². The molecule has 1 atom stereocenters. The van der Waals surface area contributed by atoms with Gasteiger partial charge in [0.25, 0.3) is 5.91 Å². The Morgan fingerprint density at radius 1 is 1.41 bits per heavy atom. The topological polar surface area (TPSA) is 95.6 Å². The lowest BCUT2D eigenvalue weighted by Gasteiger charge is -2.12. The summed E-state index contributed by atoms with van der Waals surface area (Å²) in [4.78, 5) is 25.3. The molecule has 2 heterocycles.